The van der Waals surface area contributed by atoms with Crippen LogP contribution in [0.25, 0.3) is 0 Å². The van der Waals surface area contributed by atoms with Crippen LogP contribution in [-0.2, 0) is 17.8 Å². The molecule has 0 saturated heterocycles. The van der Waals surface area contributed by atoms with Gasteiger partial charge in [0.2, 0.25) is 0 Å². The molecule has 0 spiro atoms. The zero-order valence-corrected chi connectivity index (χ0v) is 9.98. The van der Waals surface area contributed by atoms with Gasteiger partial charge in [-0.25, -0.2) is 4.98 Å². The predicted octanol–water partition coefficient (Wildman–Crippen LogP) is 2.41. The Morgan fingerprint density at radius 3 is 3.20 bits per heavy atom. The Bertz CT molecular complexity index is 324. The highest BCUT2D eigenvalue weighted by Crippen LogP contribution is 2.32. The Morgan fingerprint density at radius 2 is 2.47 bits per heavy atom. The summed E-state index contributed by atoms with van der Waals surface area (Å²) >= 11 is 1.73. The molecule has 1 aromatic heterocycles. The summed E-state index contributed by atoms with van der Waals surface area (Å²) in [7, 11) is 0. The lowest BCUT2D eigenvalue weighted by molar-refractivity contribution is 0.121. The van der Waals surface area contributed by atoms with Gasteiger partial charge in [0.1, 0.15) is 5.01 Å². The number of ether oxygens (including phenoxy) is 1. The van der Waals surface area contributed by atoms with Gasteiger partial charge >= 0.3 is 0 Å². The van der Waals surface area contributed by atoms with Gasteiger partial charge in [-0.15, -0.1) is 11.3 Å². The number of nitrogens with two attached hydrogens (primary N) is 1. The summed E-state index contributed by atoms with van der Waals surface area (Å²) in [6, 6.07) is 0.214. The average molecular weight is 226 g/mol. The third-order valence-electron chi connectivity index (χ3n) is 2.61. The quantitative estimate of drug-likeness (QED) is 0.802. The van der Waals surface area contributed by atoms with Crippen LogP contribution < -0.4 is 5.73 Å². The van der Waals surface area contributed by atoms with Crippen molar-refractivity contribution in [1.82, 2.24) is 4.98 Å². The van der Waals surface area contributed by atoms with Gasteiger partial charge in [-0.3, -0.25) is 0 Å². The second-order valence-corrected chi connectivity index (χ2v) is 5.09. The maximum atomic E-state index is 6.04. The highest BCUT2D eigenvalue weighted by Gasteiger charge is 2.21. The summed E-state index contributed by atoms with van der Waals surface area (Å²) in [6.07, 6.45) is 4.43. The number of aromatic nitrogens is 1. The molecule has 0 bridgehead atoms. The van der Waals surface area contributed by atoms with Crippen molar-refractivity contribution in [3.05, 3.63) is 15.6 Å². The largest absolute Gasteiger partial charge is 0.374 e. The fourth-order valence-electron chi connectivity index (χ4n) is 1.87. The van der Waals surface area contributed by atoms with E-state index in [9.17, 15) is 0 Å². The Morgan fingerprint density at radius 1 is 1.60 bits per heavy atom. The predicted molar refractivity (Wildman–Crippen MR) is 61.9 cm³/mol. The van der Waals surface area contributed by atoms with Gasteiger partial charge in [0.25, 0.3) is 0 Å². The minimum absolute atomic E-state index is 0.214. The summed E-state index contributed by atoms with van der Waals surface area (Å²) in [5, 5.41) is 1.09. The molecule has 0 aliphatic heterocycles. The van der Waals surface area contributed by atoms with Crippen LogP contribution in [0, 0.1) is 0 Å². The SMILES string of the molecule is CCCOCc1nc2c(s1)C(N)CCC2. The Kier molecular flexibility index (Phi) is 3.72. The first-order chi connectivity index (χ1) is 7.31. The molecule has 15 heavy (non-hydrogen) atoms. The van der Waals surface area contributed by atoms with Crippen LogP contribution in [-0.4, -0.2) is 11.6 Å². The molecule has 1 aromatic rings. The molecule has 1 atom stereocenters. The van der Waals surface area contributed by atoms with E-state index in [2.05, 4.69) is 11.9 Å². The van der Waals surface area contributed by atoms with Crippen molar-refractivity contribution in [2.45, 2.75) is 45.3 Å². The molecule has 3 nitrogen and oxygen atoms in total. The molecule has 0 radical (unpaired) electrons. The highest BCUT2D eigenvalue weighted by atomic mass is 32.1. The second kappa shape index (κ2) is 5.05. The van der Waals surface area contributed by atoms with Crippen LogP contribution in [0.3, 0.4) is 0 Å². The molecule has 84 valence electrons. The molecule has 1 aliphatic rings. The standard InChI is InChI=1S/C11H18N2OS/c1-2-6-14-7-10-13-9-5-3-4-8(12)11(9)15-10/h8H,2-7,12H2,1H3. The van der Waals surface area contributed by atoms with E-state index < -0.39 is 0 Å². The molecule has 0 saturated carbocycles. The van der Waals surface area contributed by atoms with Crippen LogP contribution in [0.5, 0.6) is 0 Å². The number of nitrogens with zero attached hydrogens (tertiary/aromatic N) is 1. The number of hydrogen-bond donors (Lipinski definition) is 1. The Balaban J connectivity index is 2.01. The molecular weight excluding hydrogens is 208 g/mol. The first kappa shape index (κ1) is 11.0. The van der Waals surface area contributed by atoms with Crippen LogP contribution in [0.1, 0.15) is 47.8 Å². The summed E-state index contributed by atoms with van der Waals surface area (Å²) in [5.41, 5.74) is 7.26. The van der Waals surface area contributed by atoms with Crippen molar-refractivity contribution in [2.24, 2.45) is 5.73 Å². The van der Waals surface area contributed by atoms with Gasteiger partial charge in [-0.2, -0.15) is 0 Å². The van der Waals surface area contributed by atoms with Gasteiger partial charge in [0, 0.05) is 17.5 Å². The Labute approximate surface area is 94.7 Å². The first-order valence-corrected chi connectivity index (χ1v) is 6.44. The monoisotopic (exact) mass is 226 g/mol. The first-order valence-electron chi connectivity index (χ1n) is 5.63. The topological polar surface area (TPSA) is 48.1 Å². The van der Waals surface area contributed by atoms with Crippen LogP contribution in [0.4, 0.5) is 0 Å². The second-order valence-electron chi connectivity index (χ2n) is 3.97. The number of aryl methyl sites for hydroxylation is 1. The molecular formula is C11H18N2OS. The third-order valence-corrected chi connectivity index (χ3v) is 3.81. The normalized spacial score (nSPS) is 20.3. The van der Waals surface area contributed by atoms with E-state index in [1.54, 1.807) is 11.3 Å². The van der Waals surface area contributed by atoms with Gasteiger partial charge in [0.05, 0.1) is 12.3 Å². The molecule has 1 heterocycles. The van der Waals surface area contributed by atoms with Crippen molar-refractivity contribution >= 4 is 11.3 Å². The van der Waals surface area contributed by atoms with Crippen LogP contribution in [0.15, 0.2) is 0 Å². The van der Waals surface area contributed by atoms with Gasteiger partial charge in [-0.1, -0.05) is 6.92 Å². The minimum Gasteiger partial charge on any atom is -0.374 e. The maximum Gasteiger partial charge on any atom is 0.119 e. The van der Waals surface area contributed by atoms with E-state index in [4.69, 9.17) is 10.5 Å². The molecule has 0 aromatic carbocycles. The van der Waals surface area contributed by atoms with E-state index in [0.717, 1.165) is 30.9 Å². The van der Waals surface area contributed by atoms with E-state index in [-0.39, 0.29) is 6.04 Å². The zero-order chi connectivity index (χ0) is 10.7. The van der Waals surface area contributed by atoms with Crippen molar-refractivity contribution in [2.75, 3.05) is 6.61 Å². The summed E-state index contributed by atoms with van der Waals surface area (Å²) in [4.78, 5) is 5.87. The smallest absolute Gasteiger partial charge is 0.119 e. The van der Waals surface area contributed by atoms with Gasteiger partial charge in [-0.05, 0) is 25.7 Å². The van der Waals surface area contributed by atoms with Crippen LogP contribution >= 0.6 is 11.3 Å². The van der Waals surface area contributed by atoms with Crippen molar-refractivity contribution in [1.29, 1.82) is 0 Å². The maximum absolute atomic E-state index is 6.04. The van der Waals surface area contributed by atoms with Crippen molar-refractivity contribution in [3.8, 4) is 0 Å². The number of fused-ring (bicyclic) bond motifs is 1. The third kappa shape index (κ3) is 2.56. The van der Waals surface area contributed by atoms with Gasteiger partial charge < -0.3 is 10.5 Å². The minimum atomic E-state index is 0.214. The molecule has 4 heteroatoms. The van der Waals surface area contributed by atoms with E-state index >= 15 is 0 Å². The summed E-state index contributed by atoms with van der Waals surface area (Å²) in [5.74, 6) is 0. The molecule has 1 aliphatic carbocycles. The molecule has 0 amide bonds. The van der Waals surface area contributed by atoms with E-state index in [1.807, 2.05) is 0 Å². The lowest BCUT2D eigenvalue weighted by Crippen LogP contribution is -2.15. The van der Waals surface area contributed by atoms with E-state index in [1.165, 1.54) is 17.0 Å². The lowest BCUT2D eigenvalue weighted by Gasteiger charge is -2.15. The highest BCUT2D eigenvalue weighted by molar-refractivity contribution is 7.11. The van der Waals surface area contributed by atoms with Crippen molar-refractivity contribution in [3.63, 3.8) is 0 Å². The van der Waals surface area contributed by atoms with E-state index in [0.29, 0.717) is 6.61 Å². The lowest BCUT2D eigenvalue weighted by atomic mass is 9.99. The fraction of sp³-hybridized carbons (Fsp3) is 0.727. The zero-order valence-electron chi connectivity index (χ0n) is 9.16. The number of thiazole rings is 1. The molecule has 2 rings (SSSR count). The molecule has 0 fully saturated rings. The Hall–Kier alpha value is -0.450. The number of rotatable bonds is 4. The molecule has 2 N–H and O–H groups in total. The fourth-order valence-corrected chi connectivity index (χ4v) is 2.96. The summed E-state index contributed by atoms with van der Waals surface area (Å²) < 4.78 is 5.49. The van der Waals surface area contributed by atoms with Crippen molar-refractivity contribution < 1.29 is 4.74 Å². The summed E-state index contributed by atoms with van der Waals surface area (Å²) in [6.45, 7) is 3.58. The van der Waals surface area contributed by atoms with Gasteiger partial charge in [0.15, 0.2) is 0 Å². The van der Waals surface area contributed by atoms with Crippen LogP contribution in [0.2, 0.25) is 0 Å². The number of hydrogen-bond acceptors (Lipinski definition) is 4. The molecule has 1 unspecified atom stereocenters. The average Bonchev–Trinajstić information content (AvgIpc) is 2.63.